The van der Waals surface area contributed by atoms with E-state index in [1.165, 1.54) is 0 Å². The van der Waals surface area contributed by atoms with Gasteiger partial charge in [0.1, 0.15) is 0 Å². The molecule has 1 atom stereocenters. The summed E-state index contributed by atoms with van der Waals surface area (Å²) in [7, 11) is -3.88. The van der Waals surface area contributed by atoms with Crippen LogP contribution in [0.3, 0.4) is 0 Å². The van der Waals surface area contributed by atoms with Gasteiger partial charge in [-0.15, -0.1) is 0 Å². The quantitative estimate of drug-likeness (QED) is 0.588. The molecule has 1 unspecified atom stereocenters. The molecule has 0 saturated heterocycles. The molecule has 1 aromatic heterocycles. The highest BCUT2D eigenvalue weighted by Crippen LogP contribution is 2.37. The third kappa shape index (κ3) is 5.15. The Morgan fingerprint density at radius 3 is 2.25 bits per heavy atom. The molecule has 0 saturated carbocycles. The lowest BCUT2D eigenvalue weighted by atomic mass is 10.1. The predicted molar refractivity (Wildman–Crippen MR) is 101 cm³/mol. The first-order valence-electron chi connectivity index (χ1n) is 8.10. The summed E-state index contributed by atoms with van der Waals surface area (Å²) in [5.41, 5.74) is -2.79. The zero-order valence-electron chi connectivity index (χ0n) is 14.6. The second kappa shape index (κ2) is 7.98. The van der Waals surface area contributed by atoms with Gasteiger partial charge in [-0.25, -0.2) is 18.1 Å². The van der Waals surface area contributed by atoms with Crippen molar-refractivity contribution in [1.82, 2.24) is 14.3 Å². The lowest BCUT2D eigenvalue weighted by molar-refractivity contribution is -0.0328. The first-order valence-corrected chi connectivity index (χ1v) is 10.4. The topological polar surface area (TPSA) is 64.0 Å². The molecule has 5 nitrogen and oxygen atoms in total. The van der Waals surface area contributed by atoms with Crippen molar-refractivity contribution >= 4 is 21.8 Å². The Labute approximate surface area is 164 Å². The van der Waals surface area contributed by atoms with Crippen LogP contribution in [0.2, 0.25) is 0 Å². The van der Waals surface area contributed by atoms with Gasteiger partial charge in [0.25, 0.3) is 0 Å². The van der Waals surface area contributed by atoms with Gasteiger partial charge in [0, 0.05) is 29.0 Å². The molecule has 1 heterocycles. The van der Waals surface area contributed by atoms with E-state index in [0.717, 1.165) is 35.5 Å². The van der Waals surface area contributed by atoms with Crippen LogP contribution in [0.4, 0.5) is 13.2 Å². The van der Waals surface area contributed by atoms with Crippen LogP contribution in [0.5, 0.6) is 0 Å². The molecule has 0 fully saturated rings. The molecule has 10 heteroatoms. The van der Waals surface area contributed by atoms with Crippen LogP contribution in [0.15, 0.2) is 77.0 Å². The number of aromatic nitrogens is 2. The SMILES string of the molecule is CC(NS(=O)(=O)c1ccc(SC(F)(F)F)cc1)c1ccc(-n2ccnc2)cc1. The zero-order chi connectivity index (χ0) is 20.4. The molecule has 148 valence electrons. The van der Waals surface area contributed by atoms with Crippen LogP contribution in [-0.4, -0.2) is 23.5 Å². The normalized spacial score (nSPS) is 13.4. The lowest BCUT2D eigenvalue weighted by Gasteiger charge is -2.15. The number of rotatable bonds is 6. The Kier molecular flexibility index (Phi) is 5.82. The Morgan fingerprint density at radius 1 is 1.07 bits per heavy atom. The van der Waals surface area contributed by atoms with E-state index in [-0.39, 0.29) is 21.6 Å². The summed E-state index contributed by atoms with van der Waals surface area (Å²) >= 11 is -0.291. The summed E-state index contributed by atoms with van der Waals surface area (Å²) in [6, 6.07) is 11.3. The Balaban J connectivity index is 1.71. The first kappa shape index (κ1) is 20.4. The van der Waals surface area contributed by atoms with Gasteiger partial charge in [0.05, 0.1) is 11.2 Å². The number of sulfonamides is 1. The fourth-order valence-corrected chi connectivity index (χ4v) is 4.31. The molecule has 0 aliphatic heterocycles. The zero-order valence-corrected chi connectivity index (χ0v) is 16.2. The number of nitrogens with one attached hydrogen (secondary N) is 1. The molecule has 0 radical (unpaired) electrons. The van der Waals surface area contributed by atoms with Crippen molar-refractivity contribution in [3.05, 3.63) is 72.8 Å². The molecule has 0 aliphatic carbocycles. The van der Waals surface area contributed by atoms with Crippen molar-refractivity contribution in [3.63, 3.8) is 0 Å². The minimum absolute atomic E-state index is 0.0745. The number of nitrogens with zero attached hydrogens (tertiary/aromatic N) is 2. The summed E-state index contributed by atoms with van der Waals surface area (Å²) < 4.78 is 66.5. The van der Waals surface area contributed by atoms with Gasteiger partial charge >= 0.3 is 5.51 Å². The Morgan fingerprint density at radius 2 is 1.71 bits per heavy atom. The van der Waals surface area contributed by atoms with Crippen molar-refractivity contribution in [2.45, 2.75) is 28.3 Å². The number of hydrogen-bond donors (Lipinski definition) is 1. The van der Waals surface area contributed by atoms with E-state index in [2.05, 4.69) is 9.71 Å². The molecular weight excluding hydrogens is 411 g/mol. The molecule has 3 aromatic rings. The minimum atomic E-state index is -4.42. The molecule has 0 aliphatic rings. The predicted octanol–water partition coefficient (Wildman–Crippen LogP) is 4.52. The van der Waals surface area contributed by atoms with Crippen LogP contribution in [-0.2, 0) is 10.0 Å². The van der Waals surface area contributed by atoms with E-state index >= 15 is 0 Å². The van der Waals surface area contributed by atoms with Gasteiger partial charge in [-0.05, 0) is 60.6 Å². The minimum Gasteiger partial charge on any atom is -0.306 e. The molecule has 3 rings (SSSR count). The maximum atomic E-state index is 12.5. The summed E-state index contributed by atoms with van der Waals surface area (Å²) in [5, 5.41) is 0. The van der Waals surface area contributed by atoms with Crippen LogP contribution in [0.1, 0.15) is 18.5 Å². The number of thioether (sulfide) groups is 1. The average molecular weight is 427 g/mol. The smallest absolute Gasteiger partial charge is 0.306 e. The number of halogens is 3. The fraction of sp³-hybridized carbons (Fsp3) is 0.167. The van der Waals surface area contributed by atoms with Crippen molar-refractivity contribution in [2.75, 3.05) is 0 Å². The number of hydrogen-bond acceptors (Lipinski definition) is 4. The number of alkyl halides is 3. The lowest BCUT2D eigenvalue weighted by Crippen LogP contribution is -2.26. The van der Waals surface area contributed by atoms with Crippen LogP contribution < -0.4 is 4.72 Å². The first-order chi connectivity index (χ1) is 13.1. The summed E-state index contributed by atoms with van der Waals surface area (Å²) in [5.74, 6) is 0. The van der Waals surface area contributed by atoms with Gasteiger partial charge in [-0.1, -0.05) is 12.1 Å². The van der Waals surface area contributed by atoms with Crippen LogP contribution in [0.25, 0.3) is 5.69 Å². The maximum absolute atomic E-state index is 12.5. The highest BCUT2D eigenvalue weighted by molar-refractivity contribution is 8.00. The highest BCUT2D eigenvalue weighted by Gasteiger charge is 2.29. The van der Waals surface area contributed by atoms with E-state index in [0.29, 0.717) is 0 Å². The number of benzene rings is 2. The van der Waals surface area contributed by atoms with Crippen molar-refractivity contribution in [1.29, 1.82) is 0 Å². The molecular formula is C18H16F3N3O2S2. The standard InChI is InChI=1S/C18H16F3N3O2S2/c1-13(14-2-4-15(5-3-14)24-11-10-22-12-24)23-28(25,26)17-8-6-16(7-9-17)27-18(19,20)21/h2-13,23H,1H3. The van der Waals surface area contributed by atoms with E-state index < -0.39 is 21.6 Å². The van der Waals surface area contributed by atoms with E-state index in [1.807, 2.05) is 16.7 Å². The van der Waals surface area contributed by atoms with E-state index in [9.17, 15) is 21.6 Å². The monoisotopic (exact) mass is 427 g/mol. The van der Waals surface area contributed by atoms with Crippen molar-refractivity contribution in [2.24, 2.45) is 0 Å². The number of imidazole rings is 1. The largest absolute Gasteiger partial charge is 0.446 e. The fourth-order valence-electron chi connectivity index (χ4n) is 2.54. The van der Waals surface area contributed by atoms with Gasteiger partial charge in [-0.3, -0.25) is 0 Å². The molecule has 2 aromatic carbocycles. The maximum Gasteiger partial charge on any atom is 0.446 e. The molecule has 1 N–H and O–H groups in total. The van der Waals surface area contributed by atoms with Crippen molar-refractivity contribution < 1.29 is 21.6 Å². The Hall–Kier alpha value is -2.30. The second-order valence-corrected chi connectivity index (χ2v) is 8.78. The van der Waals surface area contributed by atoms with Gasteiger partial charge in [0.2, 0.25) is 10.0 Å². The summed E-state index contributed by atoms with van der Waals surface area (Å²) in [4.78, 5) is 3.80. The molecule has 0 bridgehead atoms. The Bertz CT molecular complexity index is 1020. The van der Waals surface area contributed by atoms with Gasteiger partial charge in [-0.2, -0.15) is 13.2 Å². The van der Waals surface area contributed by atoms with E-state index in [1.54, 1.807) is 37.8 Å². The van der Waals surface area contributed by atoms with Gasteiger partial charge < -0.3 is 4.57 Å². The average Bonchev–Trinajstić information content (AvgIpc) is 3.15. The molecule has 28 heavy (non-hydrogen) atoms. The second-order valence-electron chi connectivity index (χ2n) is 5.92. The summed E-state index contributed by atoms with van der Waals surface area (Å²) in [6.45, 7) is 1.69. The molecule has 0 spiro atoms. The van der Waals surface area contributed by atoms with Crippen LogP contribution in [0, 0.1) is 0 Å². The third-order valence-electron chi connectivity index (χ3n) is 3.90. The molecule has 0 amide bonds. The third-order valence-corrected chi connectivity index (χ3v) is 6.19. The van der Waals surface area contributed by atoms with Crippen LogP contribution >= 0.6 is 11.8 Å². The van der Waals surface area contributed by atoms with E-state index in [4.69, 9.17) is 0 Å². The summed E-state index contributed by atoms with van der Waals surface area (Å²) in [6.07, 6.45) is 5.10. The highest BCUT2D eigenvalue weighted by atomic mass is 32.2. The van der Waals surface area contributed by atoms with Gasteiger partial charge in [0.15, 0.2) is 0 Å². The van der Waals surface area contributed by atoms with Crippen molar-refractivity contribution in [3.8, 4) is 5.69 Å².